The van der Waals surface area contributed by atoms with Gasteiger partial charge in [-0.05, 0) is 47.5 Å². The summed E-state index contributed by atoms with van der Waals surface area (Å²) >= 11 is -1.11. The highest BCUT2D eigenvalue weighted by Gasteiger charge is 2.13. The van der Waals surface area contributed by atoms with Gasteiger partial charge >= 0.3 is 0 Å². The Hall–Kier alpha value is -2.03. The second-order valence-electron chi connectivity index (χ2n) is 4.47. The summed E-state index contributed by atoms with van der Waals surface area (Å²) in [6.07, 6.45) is 0. The van der Waals surface area contributed by atoms with Gasteiger partial charge in [-0.3, -0.25) is 0 Å². The van der Waals surface area contributed by atoms with Crippen molar-refractivity contribution in [1.82, 2.24) is 0 Å². The molecule has 0 radical (unpaired) electrons. The first kappa shape index (κ1) is 13.0. The van der Waals surface area contributed by atoms with E-state index in [0.717, 1.165) is 15.4 Å². The molecular formula is C18H14OS. The van der Waals surface area contributed by atoms with Crippen molar-refractivity contribution in [2.45, 2.75) is 9.79 Å². The van der Waals surface area contributed by atoms with Gasteiger partial charge in [-0.25, -0.2) is 0 Å². The molecule has 3 rings (SSSR count). The van der Waals surface area contributed by atoms with Gasteiger partial charge in [-0.15, -0.1) is 0 Å². The highest BCUT2D eigenvalue weighted by atomic mass is 32.2. The Bertz CT molecular complexity index is 663. The average molecular weight is 278 g/mol. The maximum Gasteiger partial charge on any atom is 0.158 e. The molecule has 0 saturated heterocycles. The number of benzene rings is 3. The maximum atomic E-state index is 12.4. The highest BCUT2D eigenvalue weighted by Crippen LogP contribution is 2.24. The maximum absolute atomic E-state index is 12.4. The first-order valence-electron chi connectivity index (χ1n) is 6.47. The second kappa shape index (κ2) is 5.95. The van der Waals surface area contributed by atoms with Crippen molar-refractivity contribution in [2.75, 3.05) is 0 Å². The van der Waals surface area contributed by atoms with Crippen LogP contribution < -0.4 is 0 Å². The molecule has 0 fully saturated rings. The minimum atomic E-state index is -1.11. The van der Waals surface area contributed by atoms with Crippen molar-refractivity contribution in [2.24, 2.45) is 0 Å². The van der Waals surface area contributed by atoms with Gasteiger partial charge in [0, 0.05) is 11.2 Å². The fourth-order valence-electron chi connectivity index (χ4n) is 2.08. The van der Waals surface area contributed by atoms with Crippen LogP contribution in [0, 0.1) is 0 Å². The van der Waals surface area contributed by atoms with Crippen molar-refractivity contribution < 1.29 is 4.55 Å². The smallest absolute Gasteiger partial charge is 0.158 e. The van der Waals surface area contributed by atoms with Gasteiger partial charge in [-0.2, -0.15) is 0 Å². The first-order valence-corrected chi connectivity index (χ1v) is 7.62. The lowest BCUT2D eigenvalue weighted by molar-refractivity contribution is 0.595. The molecule has 0 amide bonds. The number of hydrogen-bond acceptors (Lipinski definition) is 1. The van der Waals surface area contributed by atoms with E-state index < -0.39 is 11.2 Å². The van der Waals surface area contributed by atoms with Crippen molar-refractivity contribution >= 4 is 11.2 Å². The predicted octanol–water partition coefficient (Wildman–Crippen LogP) is 4.52. The van der Waals surface area contributed by atoms with Crippen molar-refractivity contribution in [3.63, 3.8) is 0 Å². The third-order valence-corrected chi connectivity index (χ3v) is 4.53. The lowest BCUT2D eigenvalue weighted by Crippen LogP contribution is -2.01. The fraction of sp³-hybridized carbons (Fsp3) is 0. The summed E-state index contributed by atoms with van der Waals surface area (Å²) in [7, 11) is 0. The molecule has 0 aliphatic rings. The van der Waals surface area contributed by atoms with E-state index in [2.05, 4.69) is 12.1 Å². The Balaban J connectivity index is 1.87. The van der Waals surface area contributed by atoms with E-state index in [9.17, 15) is 4.55 Å². The van der Waals surface area contributed by atoms with Crippen LogP contribution in [-0.2, 0) is 11.2 Å². The van der Waals surface area contributed by atoms with Gasteiger partial charge in [-0.1, -0.05) is 48.5 Å². The molecule has 0 heterocycles. The molecule has 0 aromatic heterocycles. The molecule has 1 unspecified atom stereocenters. The topological polar surface area (TPSA) is 23.1 Å². The molecule has 0 spiro atoms. The van der Waals surface area contributed by atoms with Crippen LogP contribution in [0.5, 0.6) is 0 Å². The quantitative estimate of drug-likeness (QED) is 0.646. The summed E-state index contributed by atoms with van der Waals surface area (Å²) in [4.78, 5) is 1.66. The van der Waals surface area contributed by atoms with Crippen LogP contribution in [0.25, 0.3) is 11.1 Å². The molecule has 0 aliphatic heterocycles. The van der Waals surface area contributed by atoms with Gasteiger partial charge in [0.1, 0.15) is 0 Å². The minimum absolute atomic E-state index is 0.830. The van der Waals surface area contributed by atoms with E-state index in [-0.39, 0.29) is 0 Å². The summed E-state index contributed by atoms with van der Waals surface area (Å²) in [6, 6.07) is 27.6. The van der Waals surface area contributed by atoms with Crippen LogP contribution in [0.3, 0.4) is 0 Å². The molecule has 1 atom stereocenters. The van der Waals surface area contributed by atoms with E-state index in [1.165, 1.54) is 5.56 Å². The molecule has 3 aromatic rings. The van der Waals surface area contributed by atoms with Crippen LogP contribution in [0.1, 0.15) is 0 Å². The summed E-state index contributed by atoms with van der Waals surface area (Å²) in [5.74, 6) is 0. The molecule has 0 bridgehead atoms. The monoisotopic (exact) mass is 278 g/mol. The normalized spacial score (nSPS) is 12.1. The Morgan fingerprint density at radius 1 is 0.500 bits per heavy atom. The van der Waals surface area contributed by atoms with E-state index in [1.54, 1.807) is 0 Å². The third-order valence-electron chi connectivity index (χ3n) is 3.13. The second-order valence-corrected chi connectivity index (χ2v) is 5.95. The van der Waals surface area contributed by atoms with E-state index in [0.29, 0.717) is 0 Å². The minimum Gasteiger partial charge on any atom is -0.606 e. The average Bonchev–Trinajstić information content (AvgIpc) is 2.56. The summed E-state index contributed by atoms with van der Waals surface area (Å²) in [5.41, 5.74) is 2.31. The summed E-state index contributed by atoms with van der Waals surface area (Å²) in [6.45, 7) is 0. The molecule has 20 heavy (non-hydrogen) atoms. The zero-order chi connectivity index (χ0) is 13.8. The molecule has 2 heteroatoms. The Morgan fingerprint density at radius 2 is 0.950 bits per heavy atom. The Kier molecular flexibility index (Phi) is 3.86. The van der Waals surface area contributed by atoms with Crippen LogP contribution >= 0.6 is 0 Å². The molecule has 0 aliphatic carbocycles. The molecule has 0 N–H and O–H groups in total. The predicted molar refractivity (Wildman–Crippen MR) is 83.0 cm³/mol. The standard InChI is InChI=1S/C18H14OS/c19-20(17-9-5-2-6-10-17)18-13-11-16(12-14-18)15-7-3-1-4-8-15/h1-14H. The lowest BCUT2D eigenvalue weighted by atomic mass is 10.1. The van der Waals surface area contributed by atoms with E-state index in [1.807, 2.05) is 72.8 Å². The van der Waals surface area contributed by atoms with E-state index >= 15 is 0 Å². The van der Waals surface area contributed by atoms with Crippen LogP contribution in [0.4, 0.5) is 0 Å². The lowest BCUT2D eigenvalue weighted by Gasteiger charge is -2.10. The van der Waals surface area contributed by atoms with Crippen LogP contribution in [-0.4, -0.2) is 4.55 Å². The van der Waals surface area contributed by atoms with Gasteiger partial charge in [0.15, 0.2) is 9.79 Å². The Morgan fingerprint density at radius 3 is 1.55 bits per heavy atom. The molecule has 0 saturated carbocycles. The summed E-state index contributed by atoms with van der Waals surface area (Å²) in [5, 5.41) is 0. The fourth-order valence-corrected chi connectivity index (χ4v) is 3.14. The van der Waals surface area contributed by atoms with E-state index in [4.69, 9.17) is 0 Å². The zero-order valence-electron chi connectivity index (χ0n) is 10.9. The molecule has 1 nitrogen and oxygen atoms in total. The van der Waals surface area contributed by atoms with Gasteiger partial charge in [0.25, 0.3) is 0 Å². The SMILES string of the molecule is [O-][S+](c1ccccc1)c1ccc(-c2ccccc2)cc1. The zero-order valence-corrected chi connectivity index (χ0v) is 11.7. The molecule has 98 valence electrons. The first-order chi connectivity index (χ1) is 9.84. The number of rotatable bonds is 3. The molecule has 3 aromatic carbocycles. The molecular weight excluding hydrogens is 264 g/mol. The number of hydrogen-bond donors (Lipinski definition) is 0. The van der Waals surface area contributed by atoms with Gasteiger partial charge < -0.3 is 4.55 Å². The van der Waals surface area contributed by atoms with Crippen LogP contribution in [0.2, 0.25) is 0 Å². The summed E-state index contributed by atoms with van der Waals surface area (Å²) < 4.78 is 12.4. The largest absolute Gasteiger partial charge is 0.606 e. The highest BCUT2D eigenvalue weighted by molar-refractivity contribution is 7.91. The third kappa shape index (κ3) is 2.77. The van der Waals surface area contributed by atoms with Gasteiger partial charge in [0.2, 0.25) is 0 Å². The van der Waals surface area contributed by atoms with Crippen molar-refractivity contribution in [1.29, 1.82) is 0 Å². The van der Waals surface area contributed by atoms with Crippen LogP contribution in [0.15, 0.2) is 94.7 Å². The van der Waals surface area contributed by atoms with Crippen molar-refractivity contribution in [3.05, 3.63) is 84.9 Å². The van der Waals surface area contributed by atoms with Crippen molar-refractivity contribution in [3.8, 4) is 11.1 Å². The van der Waals surface area contributed by atoms with Gasteiger partial charge in [0.05, 0.1) is 0 Å². The Labute approximate surface area is 122 Å².